The molecule has 25 heavy (non-hydrogen) atoms. The van der Waals surface area contributed by atoms with Gasteiger partial charge in [-0.25, -0.2) is 0 Å². The van der Waals surface area contributed by atoms with Crippen LogP contribution in [0.5, 0.6) is 0 Å². The summed E-state index contributed by atoms with van der Waals surface area (Å²) in [5.41, 5.74) is 0. The highest BCUT2D eigenvalue weighted by molar-refractivity contribution is 5.69. The van der Waals surface area contributed by atoms with Gasteiger partial charge >= 0.3 is 5.97 Å². The Morgan fingerprint density at radius 1 is 1.08 bits per heavy atom. The van der Waals surface area contributed by atoms with Gasteiger partial charge in [0, 0.05) is 6.42 Å². The Kier molecular flexibility index (Phi) is 10.4. The minimum Gasteiger partial charge on any atom is -0.463 e. The average molecular weight is 366 g/mol. The number of carbonyl (C=O) groups excluding carboxylic acids is 1. The van der Waals surface area contributed by atoms with Gasteiger partial charge in [-0.2, -0.15) is 0 Å². The molecule has 0 aromatic carbocycles. The number of ether oxygens (including phenoxy) is 3. The third-order valence-electron chi connectivity index (χ3n) is 4.04. The van der Waals surface area contributed by atoms with Crippen LogP contribution < -0.4 is 0 Å². The quantitative estimate of drug-likeness (QED) is 0.222. The van der Waals surface area contributed by atoms with E-state index >= 15 is 0 Å². The lowest BCUT2D eigenvalue weighted by molar-refractivity contribution is -0.315. The summed E-state index contributed by atoms with van der Waals surface area (Å²) in [6.07, 6.45) is -4.04. The van der Waals surface area contributed by atoms with Gasteiger partial charge < -0.3 is 39.7 Å². The van der Waals surface area contributed by atoms with E-state index in [0.29, 0.717) is 0 Å². The van der Waals surface area contributed by atoms with E-state index < -0.39 is 56.0 Å². The van der Waals surface area contributed by atoms with E-state index in [4.69, 9.17) is 19.3 Å². The van der Waals surface area contributed by atoms with Crippen LogP contribution in [0.25, 0.3) is 0 Å². The van der Waals surface area contributed by atoms with E-state index in [1.807, 2.05) is 0 Å². The first-order chi connectivity index (χ1) is 11.9. The number of esters is 1. The molecule has 9 heteroatoms. The third-order valence-corrected chi connectivity index (χ3v) is 4.04. The van der Waals surface area contributed by atoms with Gasteiger partial charge in [-0.05, 0) is 6.42 Å². The summed E-state index contributed by atoms with van der Waals surface area (Å²) in [7, 11) is 0. The molecule has 6 atom stereocenters. The Hall–Kier alpha value is -0.810. The Bertz CT molecular complexity index is 377. The molecule has 1 aliphatic heterocycles. The van der Waals surface area contributed by atoms with Gasteiger partial charge in [0.05, 0.1) is 13.2 Å². The van der Waals surface area contributed by atoms with Crippen molar-refractivity contribution in [1.29, 1.82) is 0 Å². The van der Waals surface area contributed by atoms with Crippen molar-refractivity contribution >= 4 is 5.97 Å². The molecule has 1 saturated heterocycles. The van der Waals surface area contributed by atoms with E-state index in [9.17, 15) is 25.2 Å². The fraction of sp³-hybridized carbons (Fsp3) is 0.938. The van der Waals surface area contributed by atoms with Crippen LogP contribution in [0.2, 0.25) is 0 Å². The van der Waals surface area contributed by atoms with Gasteiger partial charge in [-0.3, -0.25) is 4.79 Å². The number of rotatable bonds is 11. The lowest BCUT2D eigenvalue weighted by atomic mass is 9.99. The topological polar surface area (TPSA) is 146 Å². The predicted octanol–water partition coefficient (Wildman–Crippen LogP) is -1.32. The monoisotopic (exact) mass is 366 g/mol. The molecule has 0 bridgehead atoms. The lowest BCUT2D eigenvalue weighted by Gasteiger charge is -2.40. The highest BCUT2D eigenvalue weighted by Gasteiger charge is 2.44. The van der Waals surface area contributed by atoms with Crippen molar-refractivity contribution in [2.75, 3.05) is 19.8 Å². The van der Waals surface area contributed by atoms with Gasteiger partial charge in [0.25, 0.3) is 0 Å². The second-order valence-corrected chi connectivity index (χ2v) is 6.13. The zero-order chi connectivity index (χ0) is 18.8. The number of hydrogen-bond donors (Lipinski definition) is 5. The molecule has 1 rings (SSSR count). The van der Waals surface area contributed by atoms with Crippen molar-refractivity contribution in [3.63, 3.8) is 0 Å². The minimum absolute atomic E-state index is 0.238. The molecule has 9 nitrogen and oxygen atoms in total. The van der Waals surface area contributed by atoms with Crippen LogP contribution >= 0.6 is 0 Å². The van der Waals surface area contributed by atoms with E-state index in [1.165, 1.54) is 0 Å². The van der Waals surface area contributed by atoms with Gasteiger partial charge in [0.2, 0.25) is 0 Å². The fourth-order valence-electron chi connectivity index (χ4n) is 2.46. The molecule has 0 aromatic rings. The number of aliphatic hydroxyl groups is 5. The molecule has 1 heterocycles. The molecule has 1 aliphatic rings. The number of aliphatic hydroxyl groups excluding tert-OH is 5. The third kappa shape index (κ3) is 7.14. The fourth-order valence-corrected chi connectivity index (χ4v) is 2.46. The first-order valence-electron chi connectivity index (χ1n) is 8.67. The lowest BCUT2D eigenvalue weighted by Crippen LogP contribution is -2.60. The number of carbonyl (C=O) groups is 1. The van der Waals surface area contributed by atoms with Crippen LogP contribution in [0, 0.1) is 0 Å². The molecule has 148 valence electrons. The van der Waals surface area contributed by atoms with Crippen molar-refractivity contribution in [2.45, 2.75) is 75.8 Å². The maximum absolute atomic E-state index is 11.6. The van der Waals surface area contributed by atoms with Gasteiger partial charge in [0.15, 0.2) is 6.29 Å². The van der Waals surface area contributed by atoms with Crippen molar-refractivity contribution in [2.24, 2.45) is 0 Å². The molecular formula is C16H30O9. The Labute approximate surface area is 147 Å². The molecular weight excluding hydrogens is 336 g/mol. The summed E-state index contributed by atoms with van der Waals surface area (Å²) in [4.78, 5) is 11.6. The molecule has 1 fully saturated rings. The smallest absolute Gasteiger partial charge is 0.305 e. The molecule has 0 aromatic heterocycles. The zero-order valence-electron chi connectivity index (χ0n) is 14.5. The molecule has 0 unspecified atom stereocenters. The SMILES string of the molecule is CCCCCCC(=O)OC[C@H](CO)O[C@@H]1O[C@H](CO)[C@H](O)[C@H](O)[C@H]1O. The first-order valence-corrected chi connectivity index (χ1v) is 8.67. The first kappa shape index (κ1) is 22.2. The average Bonchev–Trinajstić information content (AvgIpc) is 2.62. The Balaban J connectivity index is 2.42. The van der Waals surface area contributed by atoms with E-state index in [2.05, 4.69) is 6.92 Å². The van der Waals surface area contributed by atoms with Gasteiger partial charge in [-0.1, -0.05) is 26.2 Å². The van der Waals surface area contributed by atoms with E-state index in [-0.39, 0.29) is 13.0 Å². The van der Waals surface area contributed by atoms with Crippen LogP contribution in [-0.2, 0) is 19.0 Å². The minimum atomic E-state index is -1.57. The second-order valence-electron chi connectivity index (χ2n) is 6.13. The summed E-state index contributed by atoms with van der Waals surface area (Å²) in [5.74, 6) is -0.410. The molecule has 5 N–H and O–H groups in total. The Morgan fingerprint density at radius 2 is 1.80 bits per heavy atom. The van der Waals surface area contributed by atoms with E-state index in [0.717, 1.165) is 25.7 Å². The molecule has 0 saturated carbocycles. The van der Waals surface area contributed by atoms with E-state index in [1.54, 1.807) is 0 Å². The summed E-state index contributed by atoms with van der Waals surface area (Å²) < 4.78 is 15.5. The van der Waals surface area contributed by atoms with Crippen molar-refractivity contribution in [3.05, 3.63) is 0 Å². The standard InChI is InChI=1S/C16H30O9/c1-2-3-4-5-6-12(19)23-9-10(7-17)24-16-15(22)14(21)13(20)11(8-18)25-16/h10-11,13-18,20-22H,2-9H2,1H3/t10-,11+,13-,14-,15+,16+/m0/s1. The summed E-state index contributed by atoms with van der Waals surface area (Å²) >= 11 is 0. The highest BCUT2D eigenvalue weighted by Crippen LogP contribution is 2.23. The predicted molar refractivity (Wildman–Crippen MR) is 85.4 cm³/mol. The molecule has 0 aliphatic carbocycles. The second kappa shape index (κ2) is 11.7. The highest BCUT2D eigenvalue weighted by atomic mass is 16.7. The molecule has 0 spiro atoms. The largest absolute Gasteiger partial charge is 0.463 e. The van der Waals surface area contributed by atoms with Gasteiger partial charge in [0.1, 0.15) is 37.1 Å². The summed E-state index contributed by atoms with van der Waals surface area (Å²) in [6, 6.07) is 0. The van der Waals surface area contributed by atoms with Crippen LogP contribution in [0.3, 0.4) is 0 Å². The van der Waals surface area contributed by atoms with Crippen LogP contribution in [0.4, 0.5) is 0 Å². The van der Waals surface area contributed by atoms with Crippen molar-refractivity contribution in [3.8, 4) is 0 Å². The molecule has 0 amide bonds. The van der Waals surface area contributed by atoms with Crippen LogP contribution in [0.15, 0.2) is 0 Å². The Morgan fingerprint density at radius 3 is 2.40 bits per heavy atom. The number of hydrogen-bond acceptors (Lipinski definition) is 9. The van der Waals surface area contributed by atoms with Crippen molar-refractivity contribution < 1.29 is 44.5 Å². The zero-order valence-corrected chi connectivity index (χ0v) is 14.5. The maximum atomic E-state index is 11.6. The maximum Gasteiger partial charge on any atom is 0.305 e. The van der Waals surface area contributed by atoms with Crippen LogP contribution in [-0.4, -0.2) is 88.1 Å². The number of unbranched alkanes of at least 4 members (excludes halogenated alkanes) is 3. The van der Waals surface area contributed by atoms with Gasteiger partial charge in [-0.15, -0.1) is 0 Å². The molecule has 0 radical (unpaired) electrons. The summed E-state index contributed by atoms with van der Waals surface area (Å²) in [5, 5.41) is 47.7. The normalized spacial score (nSPS) is 30.9. The summed E-state index contributed by atoms with van der Waals surface area (Å²) in [6.45, 7) is 0.748. The van der Waals surface area contributed by atoms with Crippen molar-refractivity contribution in [1.82, 2.24) is 0 Å². The van der Waals surface area contributed by atoms with Crippen LogP contribution in [0.1, 0.15) is 39.0 Å².